The maximum absolute atomic E-state index is 12.2. The average Bonchev–Trinajstić information content (AvgIpc) is 2.86. The summed E-state index contributed by atoms with van der Waals surface area (Å²) in [4.78, 5) is 23.8. The third-order valence-corrected chi connectivity index (χ3v) is 3.54. The van der Waals surface area contributed by atoms with Crippen molar-refractivity contribution in [2.75, 3.05) is 5.32 Å². The van der Waals surface area contributed by atoms with E-state index >= 15 is 0 Å². The second-order valence-electron chi connectivity index (χ2n) is 4.97. The lowest BCUT2D eigenvalue weighted by Gasteiger charge is -2.19. The number of aromatic nitrogens is 1. The van der Waals surface area contributed by atoms with Crippen LogP contribution in [-0.2, 0) is 9.59 Å². The standard InChI is InChI=1S/C15H15ClN2O4/c1-8-7-12(18-22-8)17-14(19)9(2)13(15(20)21)10-3-5-11(16)6-4-10/h3-7,9,13H,1-2H3,(H,20,21)(H,17,18,19). The van der Waals surface area contributed by atoms with Gasteiger partial charge in [-0.15, -0.1) is 0 Å². The molecule has 0 aliphatic rings. The van der Waals surface area contributed by atoms with Gasteiger partial charge in [-0.2, -0.15) is 0 Å². The van der Waals surface area contributed by atoms with Crippen molar-refractivity contribution in [3.05, 3.63) is 46.7 Å². The van der Waals surface area contributed by atoms with E-state index in [-0.39, 0.29) is 5.82 Å². The second-order valence-corrected chi connectivity index (χ2v) is 5.40. The first-order chi connectivity index (χ1) is 10.4. The first-order valence-electron chi connectivity index (χ1n) is 6.61. The van der Waals surface area contributed by atoms with E-state index < -0.39 is 23.7 Å². The predicted octanol–water partition coefficient (Wildman–Crippen LogP) is 3.08. The summed E-state index contributed by atoms with van der Waals surface area (Å²) < 4.78 is 4.86. The molecule has 1 aromatic carbocycles. The van der Waals surface area contributed by atoms with Gasteiger partial charge in [0.05, 0.1) is 11.8 Å². The summed E-state index contributed by atoms with van der Waals surface area (Å²) in [6, 6.07) is 7.95. The number of carboxylic acids is 1. The van der Waals surface area contributed by atoms with E-state index in [1.165, 1.54) is 0 Å². The Labute approximate surface area is 132 Å². The second kappa shape index (κ2) is 6.62. The molecule has 1 aromatic heterocycles. The van der Waals surface area contributed by atoms with Crippen molar-refractivity contribution in [3.63, 3.8) is 0 Å². The molecule has 2 aromatic rings. The van der Waals surface area contributed by atoms with Crippen molar-refractivity contribution in [1.29, 1.82) is 0 Å². The normalized spacial score (nSPS) is 13.4. The van der Waals surface area contributed by atoms with Crippen molar-refractivity contribution < 1.29 is 19.2 Å². The number of aliphatic carboxylic acids is 1. The van der Waals surface area contributed by atoms with Crippen molar-refractivity contribution in [1.82, 2.24) is 5.16 Å². The van der Waals surface area contributed by atoms with E-state index in [9.17, 15) is 14.7 Å². The van der Waals surface area contributed by atoms with Crippen LogP contribution in [-0.4, -0.2) is 22.1 Å². The lowest BCUT2D eigenvalue weighted by Crippen LogP contribution is -2.30. The van der Waals surface area contributed by atoms with Crippen molar-refractivity contribution in [2.24, 2.45) is 5.92 Å². The molecule has 2 rings (SSSR count). The van der Waals surface area contributed by atoms with Gasteiger partial charge in [0.2, 0.25) is 5.91 Å². The molecule has 2 N–H and O–H groups in total. The Kier molecular flexibility index (Phi) is 4.82. The minimum absolute atomic E-state index is 0.259. The van der Waals surface area contributed by atoms with Gasteiger partial charge < -0.3 is 14.9 Å². The molecule has 1 amide bonds. The number of carbonyl (C=O) groups excluding carboxylic acids is 1. The first-order valence-corrected chi connectivity index (χ1v) is 6.98. The molecule has 2 unspecified atom stereocenters. The quantitative estimate of drug-likeness (QED) is 0.882. The van der Waals surface area contributed by atoms with E-state index in [1.807, 2.05) is 0 Å². The van der Waals surface area contributed by atoms with Gasteiger partial charge in [0.1, 0.15) is 5.76 Å². The third kappa shape index (κ3) is 3.65. The highest BCUT2D eigenvalue weighted by atomic mass is 35.5. The zero-order valence-corrected chi connectivity index (χ0v) is 12.8. The van der Waals surface area contributed by atoms with E-state index in [4.69, 9.17) is 16.1 Å². The average molecular weight is 323 g/mol. The van der Waals surface area contributed by atoms with Crippen LogP contribution in [0.2, 0.25) is 5.02 Å². The topological polar surface area (TPSA) is 92.4 Å². The number of amides is 1. The number of carboxylic acid groups (broad SMARTS) is 1. The Morgan fingerprint density at radius 3 is 2.45 bits per heavy atom. The number of halogens is 1. The van der Waals surface area contributed by atoms with E-state index in [1.54, 1.807) is 44.2 Å². The SMILES string of the molecule is Cc1cc(NC(=O)C(C)C(C(=O)O)c2ccc(Cl)cc2)no1. The van der Waals surface area contributed by atoms with Gasteiger partial charge in [-0.3, -0.25) is 9.59 Å². The highest BCUT2D eigenvalue weighted by molar-refractivity contribution is 6.30. The molecule has 7 heteroatoms. The van der Waals surface area contributed by atoms with Crippen molar-refractivity contribution >= 4 is 29.3 Å². The van der Waals surface area contributed by atoms with Gasteiger partial charge in [-0.1, -0.05) is 35.8 Å². The van der Waals surface area contributed by atoms with E-state index in [2.05, 4.69) is 10.5 Å². The van der Waals surface area contributed by atoms with Gasteiger partial charge in [0.25, 0.3) is 0 Å². The van der Waals surface area contributed by atoms with Crippen LogP contribution in [0.1, 0.15) is 24.2 Å². The lowest BCUT2D eigenvalue weighted by molar-refractivity contribution is -0.142. The Bertz CT molecular complexity index is 681. The number of benzene rings is 1. The maximum atomic E-state index is 12.2. The summed E-state index contributed by atoms with van der Waals surface area (Å²) in [6.45, 7) is 3.25. The molecule has 0 bridgehead atoms. The smallest absolute Gasteiger partial charge is 0.311 e. The fraction of sp³-hybridized carbons (Fsp3) is 0.267. The Hall–Kier alpha value is -2.34. The molecule has 0 radical (unpaired) electrons. The molecule has 2 atom stereocenters. The van der Waals surface area contributed by atoms with Crippen LogP contribution >= 0.6 is 11.6 Å². The number of nitrogens with zero attached hydrogens (tertiary/aromatic N) is 1. The van der Waals surface area contributed by atoms with Crippen LogP contribution in [0.4, 0.5) is 5.82 Å². The predicted molar refractivity (Wildman–Crippen MR) is 80.9 cm³/mol. The molecule has 0 aliphatic carbocycles. The molecular formula is C15H15ClN2O4. The highest BCUT2D eigenvalue weighted by Gasteiger charge is 2.32. The van der Waals surface area contributed by atoms with Crippen LogP contribution in [0.25, 0.3) is 0 Å². The summed E-state index contributed by atoms with van der Waals surface area (Å²) in [7, 11) is 0. The largest absolute Gasteiger partial charge is 0.481 e. The zero-order chi connectivity index (χ0) is 16.3. The summed E-state index contributed by atoms with van der Waals surface area (Å²) in [5.41, 5.74) is 0.510. The zero-order valence-electron chi connectivity index (χ0n) is 12.0. The molecule has 0 saturated carbocycles. The molecule has 22 heavy (non-hydrogen) atoms. The molecule has 0 spiro atoms. The fourth-order valence-electron chi connectivity index (χ4n) is 2.13. The minimum Gasteiger partial charge on any atom is -0.481 e. The van der Waals surface area contributed by atoms with E-state index in [0.717, 1.165) is 0 Å². The highest BCUT2D eigenvalue weighted by Crippen LogP contribution is 2.27. The van der Waals surface area contributed by atoms with Gasteiger partial charge >= 0.3 is 5.97 Å². The van der Waals surface area contributed by atoms with Crippen LogP contribution in [0.15, 0.2) is 34.9 Å². The Morgan fingerprint density at radius 1 is 1.32 bits per heavy atom. The molecule has 116 valence electrons. The summed E-state index contributed by atoms with van der Waals surface area (Å²) in [5, 5.41) is 16.1. The van der Waals surface area contributed by atoms with Crippen LogP contribution in [0.3, 0.4) is 0 Å². The Morgan fingerprint density at radius 2 is 1.95 bits per heavy atom. The molecule has 1 heterocycles. The molecule has 0 aliphatic heterocycles. The number of anilines is 1. The van der Waals surface area contributed by atoms with Gasteiger partial charge in [0, 0.05) is 11.1 Å². The van der Waals surface area contributed by atoms with Crippen LogP contribution < -0.4 is 5.32 Å². The molecule has 0 fully saturated rings. The number of hydrogen-bond acceptors (Lipinski definition) is 4. The number of rotatable bonds is 5. The number of hydrogen-bond donors (Lipinski definition) is 2. The monoisotopic (exact) mass is 322 g/mol. The summed E-state index contributed by atoms with van der Waals surface area (Å²) >= 11 is 5.80. The van der Waals surface area contributed by atoms with Gasteiger partial charge in [-0.05, 0) is 24.6 Å². The minimum atomic E-state index is -1.08. The first kappa shape index (κ1) is 16.0. The van der Waals surface area contributed by atoms with Gasteiger partial charge in [0.15, 0.2) is 5.82 Å². The number of nitrogens with one attached hydrogen (secondary N) is 1. The van der Waals surface area contributed by atoms with Crippen molar-refractivity contribution in [3.8, 4) is 0 Å². The third-order valence-electron chi connectivity index (χ3n) is 3.29. The Balaban J connectivity index is 2.18. The van der Waals surface area contributed by atoms with Crippen LogP contribution in [0, 0.1) is 12.8 Å². The maximum Gasteiger partial charge on any atom is 0.311 e. The van der Waals surface area contributed by atoms with E-state index in [0.29, 0.717) is 16.3 Å². The summed E-state index contributed by atoms with van der Waals surface area (Å²) in [5.74, 6) is -2.50. The number of aryl methyl sites for hydroxylation is 1. The van der Waals surface area contributed by atoms with Crippen molar-refractivity contribution in [2.45, 2.75) is 19.8 Å². The number of carbonyl (C=O) groups is 2. The summed E-state index contributed by atoms with van der Waals surface area (Å²) in [6.07, 6.45) is 0. The lowest BCUT2D eigenvalue weighted by atomic mass is 9.86. The van der Waals surface area contributed by atoms with Gasteiger partial charge in [-0.25, -0.2) is 0 Å². The fourth-order valence-corrected chi connectivity index (χ4v) is 2.26. The van der Waals surface area contributed by atoms with Crippen LogP contribution in [0.5, 0.6) is 0 Å². The molecule has 0 saturated heterocycles. The molecule has 6 nitrogen and oxygen atoms in total. The molecular weight excluding hydrogens is 308 g/mol.